The largest absolute Gasteiger partial charge is 0.397 e. The standard InChI is InChI=1S/C14H19N3OS/c1-2-10-8-17(3-4-19-10)13-7-12-9(5-11(13)15)6-14(18)16-12/h5,7,10H,2-4,6,8,15H2,1H3,(H,16,18). The number of hydrogen-bond donors (Lipinski definition) is 2. The van der Waals surface area contributed by atoms with Crippen LogP contribution in [0.4, 0.5) is 17.1 Å². The summed E-state index contributed by atoms with van der Waals surface area (Å²) >= 11 is 2.04. The van der Waals surface area contributed by atoms with Crippen molar-refractivity contribution in [2.75, 3.05) is 34.8 Å². The van der Waals surface area contributed by atoms with Crippen molar-refractivity contribution >= 4 is 34.7 Å². The summed E-state index contributed by atoms with van der Waals surface area (Å²) in [6.45, 7) is 4.30. The Bertz CT molecular complexity index is 518. The maximum atomic E-state index is 11.4. The number of benzene rings is 1. The van der Waals surface area contributed by atoms with E-state index in [2.05, 4.69) is 17.1 Å². The van der Waals surface area contributed by atoms with Crippen LogP contribution in [0.2, 0.25) is 0 Å². The zero-order valence-corrected chi connectivity index (χ0v) is 11.9. The van der Waals surface area contributed by atoms with Crippen molar-refractivity contribution in [1.29, 1.82) is 0 Å². The van der Waals surface area contributed by atoms with Crippen LogP contribution < -0.4 is 16.0 Å². The quantitative estimate of drug-likeness (QED) is 0.813. The van der Waals surface area contributed by atoms with Gasteiger partial charge in [0, 0.05) is 29.8 Å². The second-order valence-electron chi connectivity index (χ2n) is 5.14. The molecule has 2 aliphatic rings. The highest BCUT2D eigenvalue weighted by atomic mass is 32.2. The van der Waals surface area contributed by atoms with Crippen molar-refractivity contribution in [3.05, 3.63) is 17.7 Å². The molecular formula is C14H19N3OS. The number of thioether (sulfide) groups is 1. The summed E-state index contributed by atoms with van der Waals surface area (Å²) in [5.41, 5.74) is 9.98. The van der Waals surface area contributed by atoms with E-state index in [9.17, 15) is 4.79 Å². The number of nitrogens with two attached hydrogens (primary N) is 1. The fourth-order valence-electron chi connectivity index (χ4n) is 2.74. The Morgan fingerprint density at radius 3 is 3.16 bits per heavy atom. The monoisotopic (exact) mass is 277 g/mol. The Morgan fingerprint density at radius 2 is 2.37 bits per heavy atom. The topological polar surface area (TPSA) is 58.4 Å². The lowest BCUT2D eigenvalue weighted by Gasteiger charge is -2.34. The van der Waals surface area contributed by atoms with E-state index in [4.69, 9.17) is 5.73 Å². The Balaban J connectivity index is 1.89. The molecular weight excluding hydrogens is 258 g/mol. The van der Waals surface area contributed by atoms with Crippen molar-refractivity contribution in [1.82, 2.24) is 0 Å². The second-order valence-corrected chi connectivity index (χ2v) is 6.55. The third kappa shape index (κ3) is 2.39. The number of hydrogen-bond acceptors (Lipinski definition) is 4. The number of fused-ring (bicyclic) bond motifs is 1. The smallest absolute Gasteiger partial charge is 0.228 e. The van der Waals surface area contributed by atoms with Gasteiger partial charge >= 0.3 is 0 Å². The number of anilines is 3. The van der Waals surface area contributed by atoms with Crippen LogP contribution in [0.15, 0.2) is 12.1 Å². The summed E-state index contributed by atoms with van der Waals surface area (Å²) in [4.78, 5) is 13.8. The van der Waals surface area contributed by atoms with Gasteiger partial charge in [-0.05, 0) is 24.1 Å². The van der Waals surface area contributed by atoms with Crippen molar-refractivity contribution in [3.63, 3.8) is 0 Å². The molecule has 1 saturated heterocycles. The molecule has 1 atom stereocenters. The number of nitrogens with zero attached hydrogens (tertiary/aromatic N) is 1. The molecule has 19 heavy (non-hydrogen) atoms. The molecule has 102 valence electrons. The third-order valence-corrected chi connectivity index (χ3v) is 5.18. The van der Waals surface area contributed by atoms with Crippen LogP contribution in [0.5, 0.6) is 0 Å². The van der Waals surface area contributed by atoms with Crippen LogP contribution in [0, 0.1) is 0 Å². The summed E-state index contributed by atoms with van der Waals surface area (Å²) in [7, 11) is 0. The summed E-state index contributed by atoms with van der Waals surface area (Å²) in [6, 6.07) is 3.99. The highest BCUT2D eigenvalue weighted by molar-refractivity contribution is 8.00. The van der Waals surface area contributed by atoms with Gasteiger partial charge in [-0.15, -0.1) is 0 Å². The number of nitrogens with one attached hydrogen (secondary N) is 1. The van der Waals surface area contributed by atoms with Gasteiger partial charge in [0.15, 0.2) is 0 Å². The summed E-state index contributed by atoms with van der Waals surface area (Å²) in [5, 5.41) is 3.58. The van der Waals surface area contributed by atoms with Crippen LogP contribution in [0.3, 0.4) is 0 Å². The molecule has 0 aromatic heterocycles. The highest BCUT2D eigenvalue weighted by Crippen LogP contribution is 2.35. The molecule has 0 saturated carbocycles. The molecule has 1 aromatic rings. The Hall–Kier alpha value is -1.36. The number of amides is 1. The Labute approximate surface area is 117 Å². The minimum atomic E-state index is 0.0622. The fourth-order valence-corrected chi connectivity index (χ4v) is 3.92. The second kappa shape index (κ2) is 4.96. The molecule has 0 spiro atoms. The van der Waals surface area contributed by atoms with Crippen LogP contribution >= 0.6 is 11.8 Å². The first-order chi connectivity index (χ1) is 9.17. The number of nitrogen functional groups attached to an aromatic ring is 1. The van der Waals surface area contributed by atoms with E-state index in [1.165, 1.54) is 6.42 Å². The minimum absolute atomic E-state index is 0.0622. The Kier molecular flexibility index (Phi) is 3.31. The molecule has 1 amide bonds. The molecule has 3 N–H and O–H groups in total. The van der Waals surface area contributed by atoms with E-state index in [-0.39, 0.29) is 5.91 Å². The normalized spacial score (nSPS) is 22.3. The maximum Gasteiger partial charge on any atom is 0.228 e. The molecule has 3 rings (SSSR count). The molecule has 1 unspecified atom stereocenters. The first-order valence-electron chi connectivity index (χ1n) is 6.76. The first-order valence-corrected chi connectivity index (χ1v) is 7.81. The van der Waals surface area contributed by atoms with E-state index in [0.717, 1.165) is 41.5 Å². The summed E-state index contributed by atoms with van der Waals surface area (Å²) in [6.07, 6.45) is 1.63. The van der Waals surface area contributed by atoms with Crippen molar-refractivity contribution in [2.24, 2.45) is 0 Å². The molecule has 2 heterocycles. The van der Waals surface area contributed by atoms with Crippen LogP contribution in [-0.2, 0) is 11.2 Å². The van der Waals surface area contributed by atoms with Gasteiger partial charge < -0.3 is 16.0 Å². The zero-order valence-electron chi connectivity index (χ0n) is 11.1. The fraction of sp³-hybridized carbons (Fsp3) is 0.500. The average molecular weight is 277 g/mol. The summed E-state index contributed by atoms with van der Waals surface area (Å²) in [5.74, 6) is 1.20. The molecule has 0 radical (unpaired) electrons. The van der Waals surface area contributed by atoms with Gasteiger partial charge in [-0.1, -0.05) is 6.92 Å². The molecule has 0 bridgehead atoms. The lowest BCUT2D eigenvalue weighted by molar-refractivity contribution is -0.115. The highest BCUT2D eigenvalue weighted by Gasteiger charge is 2.24. The third-order valence-electron chi connectivity index (χ3n) is 3.81. The van der Waals surface area contributed by atoms with Crippen LogP contribution in [0.25, 0.3) is 0 Å². The summed E-state index contributed by atoms with van der Waals surface area (Å²) < 4.78 is 0. The lowest BCUT2D eigenvalue weighted by atomic mass is 10.1. The molecule has 2 aliphatic heterocycles. The number of rotatable bonds is 2. The van der Waals surface area contributed by atoms with Crippen molar-refractivity contribution in [2.45, 2.75) is 25.0 Å². The first kappa shape index (κ1) is 12.7. The van der Waals surface area contributed by atoms with E-state index in [0.29, 0.717) is 11.7 Å². The molecule has 4 nitrogen and oxygen atoms in total. The Morgan fingerprint density at radius 1 is 1.53 bits per heavy atom. The lowest BCUT2D eigenvalue weighted by Crippen LogP contribution is -2.38. The molecule has 1 fully saturated rings. The molecule has 1 aromatic carbocycles. The van der Waals surface area contributed by atoms with Gasteiger partial charge in [0.1, 0.15) is 0 Å². The van der Waals surface area contributed by atoms with Gasteiger partial charge in [-0.3, -0.25) is 4.79 Å². The van der Waals surface area contributed by atoms with Crippen LogP contribution in [-0.4, -0.2) is 30.0 Å². The number of carbonyl (C=O) groups excluding carboxylic acids is 1. The zero-order chi connectivity index (χ0) is 13.4. The average Bonchev–Trinajstić information content (AvgIpc) is 2.77. The van der Waals surface area contributed by atoms with E-state index < -0.39 is 0 Å². The van der Waals surface area contributed by atoms with Gasteiger partial charge in [-0.2, -0.15) is 11.8 Å². The minimum Gasteiger partial charge on any atom is -0.397 e. The number of carbonyl (C=O) groups is 1. The van der Waals surface area contributed by atoms with Crippen molar-refractivity contribution < 1.29 is 4.79 Å². The molecule has 0 aliphatic carbocycles. The SMILES string of the molecule is CCC1CN(c2cc3c(cc2N)CC(=O)N3)CCS1. The van der Waals surface area contributed by atoms with Crippen molar-refractivity contribution in [3.8, 4) is 0 Å². The predicted octanol–water partition coefficient (Wildman–Crippen LogP) is 2.10. The van der Waals surface area contributed by atoms with Gasteiger partial charge in [0.25, 0.3) is 0 Å². The molecule has 5 heteroatoms. The maximum absolute atomic E-state index is 11.4. The van der Waals surface area contributed by atoms with E-state index in [1.54, 1.807) is 0 Å². The van der Waals surface area contributed by atoms with E-state index >= 15 is 0 Å². The van der Waals surface area contributed by atoms with Gasteiger partial charge in [0.2, 0.25) is 5.91 Å². The van der Waals surface area contributed by atoms with Gasteiger partial charge in [0.05, 0.1) is 17.8 Å². The van der Waals surface area contributed by atoms with Crippen LogP contribution in [0.1, 0.15) is 18.9 Å². The van der Waals surface area contributed by atoms with Gasteiger partial charge in [-0.25, -0.2) is 0 Å². The van der Waals surface area contributed by atoms with E-state index in [1.807, 2.05) is 23.9 Å². The predicted molar refractivity (Wildman–Crippen MR) is 81.9 cm³/mol.